The van der Waals surface area contributed by atoms with Crippen LogP contribution in [0.15, 0.2) is 66.0 Å². The second-order valence-corrected chi connectivity index (χ2v) is 8.42. The minimum Gasteiger partial charge on any atom is -0.455 e. The second kappa shape index (κ2) is 8.98. The Kier molecular flexibility index (Phi) is 5.97. The van der Waals surface area contributed by atoms with Gasteiger partial charge in [-0.1, -0.05) is 48.5 Å². The molecule has 7 heteroatoms. The van der Waals surface area contributed by atoms with Crippen molar-refractivity contribution >= 4 is 44.6 Å². The molecule has 4 rings (SSSR count). The van der Waals surface area contributed by atoms with Gasteiger partial charge in [-0.05, 0) is 23.1 Å². The molecule has 0 bridgehead atoms. The highest BCUT2D eigenvalue weighted by Gasteiger charge is 2.13. The molecule has 4 aromatic rings. The van der Waals surface area contributed by atoms with Crippen molar-refractivity contribution in [1.29, 1.82) is 0 Å². The Morgan fingerprint density at radius 1 is 1.03 bits per heavy atom. The Morgan fingerprint density at radius 3 is 2.66 bits per heavy atom. The summed E-state index contributed by atoms with van der Waals surface area (Å²) in [7, 11) is 0. The van der Waals surface area contributed by atoms with Crippen LogP contribution in [-0.2, 0) is 29.1 Å². The van der Waals surface area contributed by atoms with Gasteiger partial charge in [0.25, 0.3) is 0 Å². The summed E-state index contributed by atoms with van der Waals surface area (Å²) >= 11 is 2.80. The molecule has 1 N–H and O–H groups in total. The largest absolute Gasteiger partial charge is 0.455 e. The van der Waals surface area contributed by atoms with Crippen molar-refractivity contribution < 1.29 is 14.3 Å². The molecule has 2 aromatic heterocycles. The number of nitrogens with one attached hydrogen (secondary N) is 1. The number of hydrogen-bond acceptors (Lipinski definition) is 6. The quantitative estimate of drug-likeness (QED) is 0.443. The van der Waals surface area contributed by atoms with Crippen LogP contribution in [0, 0.1) is 0 Å². The van der Waals surface area contributed by atoms with Crippen molar-refractivity contribution in [3.8, 4) is 0 Å². The first-order valence-electron chi connectivity index (χ1n) is 9.07. The minimum atomic E-state index is -0.360. The van der Waals surface area contributed by atoms with Crippen molar-refractivity contribution in [3.63, 3.8) is 0 Å². The molecule has 2 aromatic carbocycles. The van der Waals surface area contributed by atoms with Gasteiger partial charge in [-0.25, -0.2) is 9.78 Å². The third-order valence-corrected chi connectivity index (χ3v) is 6.22. The zero-order chi connectivity index (χ0) is 20.1. The molecule has 0 spiro atoms. The summed E-state index contributed by atoms with van der Waals surface area (Å²) in [6.07, 6.45) is 0.210. The average molecular weight is 423 g/mol. The van der Waals surface area contributed by atoms with Crippen LogP contribution in [0.4, 0.5) is 0 Å². The molecule has 5 nitrogen and oxygen atoms in total. The number of carbonyl (C=O) groups is 2. The van der Waals surface area contributed by atoms with E-state index in [-0.39, 0.29) is 24.9 Å². The molecule has 0 aliphatic rings. The molecule has 146 valence electrons. The van der Waals surface area contributed by atoms with E-state index in [2.05, 4.69) is 10.3 Å². The van der Waals surface area contributed by atoms with Crippen molar-refractivity contribution in [2.24, 2.45) is 0 Å². The Bertz CT molecular complexity index is 1100. The number of nitrogens with zero attached hydrogens (tertiary/aromatic N) is 1. The van der Waals surface area contributed by atoms with Crippen LogP contribution in [0.3, 0.4) is 0 Å². The summed E-state index contributed by atoms with van der Waals surface area (Å²) in [5.74, 6) is -0.446. The van der Waals surface area contributed by atoms with Gasteiger partial charge in [0.2, 0.25) is 5.91 Å². The molecule has 0 unspecified atom stereocenters. The highest BCUT2D eigenvalue weighted by atomic mass is 32.1. The maximum absolute atomic E-state index is 12.3. The van der Waals surface area contributed by atoms with Crippen LogP contribution in [0.2, 0.25) is 0 Å². The first kappa shape index (κ1) is 19.3. The van der Waals surface area contributed by atoms with E-state index in [1.165, 1.54) is 22.7 Å². The Morgan fingerprint density at radius 2 is 1.83 bits per heavy atom. The highest BCUT2D eigenvalue weighted by Crippen LogP contribution is 2.26. The lowest BCUT2D eigenvalue weighted by atomic mass is 10.2. The zero-order valence-corrected chi connectivity index (χ0v) is 17.1. The normalized spacial score (nSPS) is 10.8. The fourth-order valence-corrected chi connectivity index (χ4v) is 4.52. The Hall–Kier alpha value is -3.03. The molecule has 0 radical (unpaired) electrons. The Labute approximate surface area is 176 Å². The van der Waals surface area contributed by atoms with Crippen LogP contribution in [0.1, 0.15) is 25.9 Å². The predicted octanol–water partition coefficient (Wildman–Crippen LogP) is 4.57. The van der Waals surface area contributed by atoms with E-state index in [9.17, 15) is 9.59 Å². The van der Waals surface area contributed by atoms with E-state index in [0.717, 1.165) is 15.6 Å². The lowest BCUT2D eigenvalue weighted by Gasteiger charge is -2.03. The average Bonchev–Trinajstić information content (AvgIpc) is 3.38. The molecule has 0 fully saturated rings. The standard InChI is InChI=1S/C22H18N2O3S2/c25-20(23-12-15-6-2-1-3-7-15)11-21-24-17(14-28-21)13-27-22(26)19-10-16-8-4-5-9-18(16)29-19/h1-10,14H,11-13H2,(H,23,25). The molecule has 0 aliphatic heterocycles. The molecule has 2 heterocycles. The van der Waals surface area contributed by atoms with Crippen molar-refractivity contribution in [1.82, 2.24) is 10.3 Å². The van der Waals surface area contributed by atoms with E-state index in [1.54, 1.807) is 0 Å². The maximum Gasteiger partial charge on any atom is 0.348 e. The van der Waals surface area contributed by atoms with Gasteiger partial charge in [0.1, 0.15) is 16.5 Å². The van der Waals surface area contributed by atoms with Crippen molar-refractivity contribution in [3.05, 3.63) is 87.2 Å². The second-order valence-electron chi connectivity index (χ2n) is 6.40. The topological polar surface area (TPSA) is 68.3 Å². The molecule has 29 heavy (non-hydrogen) atoms. The summed E-state index contributed by atoms with van der Waals surface area (Å²) in [6, 6.07) is 19.4. The smallest absolute Gasteiger partial charge is 0.348 e. The lowest BCUT2D eigenvalue weighted by Crippen LogP contribution is -2.24. The van der Waals surface area contributed by atoms with Gasteiger partial charge in [0.15, 0.2) is 0 Å². The molecule has 0 aliphatic carbocycles. The van der Waals surface area contributed by atoms with E-state index >= 15 is 0 Å². The monoisotopic (exact) mass is 422 g/mol. The van der Waals surface area contributed by atoms with Crippen LogP contribution in [-0.4, -0.2) is 16.9 Å². The first-order valence-corrected chi connectivity index (χ1v) is 10.8. The number of fused-ring (bicyclic) bond motifs is 1. The predicted molar refractivity (Wildman–Crippen MR) is 115 cm³/mol. The highest BCUT2D eigenvalue weighted by molar-refractivity contribution is 7.20. The van der Waals surface area contributed by atoms with Gasteiger partial charge in [0.05, 0.1) is 12.1 Å². The van der Waals surface area contributed by atoms with Crippen LogP contribution in [0.25, 0.3) is 10.1 Å². The summed E-state index contributed by atoms with van der Waals surface area (Å²) < 4.78 is 6.44. The molecular formula is C22H18N2O3S2. The molecule has 0 saturated carbocycles. The van der Waals surface area contributed by atoms with Gasteiger partial charge in [-0.15, -0.1) is 22.7 Å². The van der Waals surface area contributed by atoms with Gasteiger partial charge >= 0.3 is 5.97 Å². The first-order chi connectivity index (χ1) is 14.2. The number of rotatable bonds is 7. The van der Waals surface area contributed by atoms with Crippen LogP contribution in [0.5, 0.6) is 0 Å². The number of carbonyl (C=O) groups excluding carboxylic acids is 2. The van der Waals surface area contributed by atoms with E-state index in [0.29, 0.717) is 22.1 Å². The number of thiophene rings is 1. The zero-order valence-electron chi connectivity index (χ0n) is 15.5. The van der Waals surface area contributed by atoms with E-state index in [4.69, 9.17) is 4.74 Å². The molecule has 0 saturated heterocycles. The van der Waals surface area contributed by atoms with Gasteiger partial charge in [0, 0.05) is 16.6 Å². The van der Waals surface area contributed by atoms with Gasteiger partial charge in [-0.3, -0.25) is 4.79 Å². The third-order valence-electron chi connectivity index (χ3n) is 4.22. The maximum atomic E-state index is 12.3. The number of aromatic nitrogens is 1. The van der Waals surface area contributed by atoms with E-state index in [1.807, 2.05) is 66.0 Å². The molecular weight excluding hydrogens is 404 g/mol. The Balaban J connectivity index is 1.27. The number of hydrogen-bond donors (Lipinski definition) is 1. The van der Waals surface area contributed by atoms with Gasteiger partial charge in [-0.2, -0.15) is 0 Å². The van der Waals surface area contributed by atoms with Crippen LogP contribution < -0.4 is 5.32 Å². The van der Waals surface area contributed by atoms with Gasteiger partial charge < -0.3 is 10.1 Å². The fraction of sp³-hybridized carbons (Fsp3) is 0.136. The number of esters is 1. The van der Waals surface area contributed by atoms with Crippen molar-refractivity contribution in [2.45, 2.75) is 19.6 Å². The number of benzene rings is 2. The molecule has 1 amide bonds. The summed E-state index contributed by atoms with van der Waals surface area (Å²) in [5.41, 5.74) is 1.70. The van der Waals surface area contributed by atoms with Crippen molar-refractivity contribution in [2.75, 3.05) is 0 Å². The lowest BCUT2D eigenvalue weighted by molar-refractivity contribution is -0.120. The third kappa shape index (κ3) is 5.07. The number of thiazole rings is 1. The fourth-order valence-electron chi connectivity index (χ4n) is 2.79. The minimum absolute atomic E-state index is 0.0861. The summed E-state index contributed by atoms with van der Waals surface area (Å²) in [5, 5.41) is 6.43. The van der Waals surface area contributed by atoms with Crippen LogP contribution >= 0.6 is 22.7 Å². The number of ether oxygens (including phenoxy) is 1. The SMILES string of the molecule is O=C(Cc1nc(COC(=O)c2cc3ccccc3s2)cs1)NCc1ccccc1. The summed E-state index contributed by atoms with van der Waals surface area (Å²) in [4.78, 5) is 29.4. The number of amides is 1. The molecule has 0 atom stereocenters. The van der Waals surface area contributed by atoms with E-state index < -0.39 is 0 Å². The summed E-state index contributed by atoms with van der Waals surface area (Å²) in [6.45, 7) is 0.583.